The van der Waals surface area contributed by atoms with Gasteiger partial charge in [-0.1, -0.05) is 53.7 Å². The second kappa shape index (κ2) is 4.93. The van der Waals surface area contributed by atoms with Crippen molar-refractivity contribution in [2.75, 3.05) is 0 Å². The van der Waals surface area contributed by atoms with Gasteiger partial charge in [-0.15, -0.1) is 5.10 Å². The highest BCUT2D eigenvalue weighted by molar-refractivity contribution is 7.98. The van der Waals surface area contributed by atoms with E-state index in [-0.39, 0.29) is 0 Å². The molecule has 0 amide bonds. The molecule has 2 heterocycles. The molecular formula is C16H14N4S. The molecule has 0 saturated carbocycles. The van der Waals surface area contributed by atoms with Crippen LogP contribution >= 0.6 is 11.8 Å². The van der Waals surface area contributed by atoms with E-state index in [2.05, 4.69) is 56.8 Å². The molecule has 4 rings (SSSR count). The number of aromatic nitrogens is 4. The summed E-state index contributed by atoms with van der Waals surface area (Å²) in [5, 5.41) is 8.33. The van der Waals surface area contributed by atoms with Crippen LogP contribution in [0.15, 0.2) is 53.7 Å². The first-order chi connectivity index (χ1) is 10.3. The first-order valence-corrected chi connectivity index (χ1v) is 7.80. The fraction of sp³-hybridized carbons (Fsp3) is 0.125. The average molecular weight is 294 g/mol. The molecule has 0 aliphatic heterocycles. The maximum atomic E-state index is 4.54. The molecule has 4 nitrogen and oxygen atoms in total. The Kier molecular flexibility index (Phi) is 2.93. The fourth-order valence-corrected chi connectivity index (χ4v) is 3.39. The van der Waals surface area contributed by atoms with Gasteiger partial charge in [0.15, 0.2) is 5.16 Å². The number of rotatable bonds is 3. The number of aryl methyl sites for hydroxylation is 1. The lowest BCUT2D eigenvalue weighted by molar-refractivity contribution is 0.940. The summed E-state index contributed by atoms with van der Waals surface area (Å²) in [6.07, 6.45) is 0. The monoisotopic (exact) mass is 294 g/mol. The molecule has 0 unspecified atom stereocenters. The number of nitrogens with one attached hydrogen (secondary N) is 1. The van der Waals surface area contributed by atoms with E-state index >= 15 is 0 Å². The summed E-state index contributed by atoms with van der Waals surface area (Å²) in [6, 6.07) is 16.7. The Morgan fingerprint density at radius 3 is 2.95 bits per heavy atom. The van der Waals surface area contributed by atoms with Gasteiger partial charge in [-0.05, 0) is 24.6 Å². The number of fused-ring (bicyclic) bond motifs is 3. The number of thioether (sulfide) groups is 1. The van der Waals surface area contributed by atoms with Crippen LogP contribution < -0.4 is 0 Å². The first kappa shape index (κ1) is 12.5. The summed E-state index contributed by atoms with van der Waals surface area (Å²) >= 11 is 1.72. The zero-order chi connectivity index (χ0) is 14.2. The number of hydrogen-bond acceptors (Lipinski definition) is 3. The van der Waals surface area contributed by atoms with E-state index in [0.29, 0.717) is 0 Å². The number of H-pyrrole nitrogens is 1. The number of aromatic amines is 1. The summed E-state index contributed by atoms with van der Waals surface area (Å²) in [5.41, 5.74) is 4.67. The molecule has 21 heavy (non-hydrogen) atoms. The van der Waals surface area contributed by atoms with E-state index in [1.165, 1.54) is 11.1 Å². The number of nitrogens with zero attached hydrogens (tertiary/aromatic N) is 3. The Balaban J connectivity index is 1.70. The lowest BCUT2D eigenvalue weighted by atomic mass is 10.2. The van der Waals surface area contributed by atoms with E-state index in [9.17, 15) is 0 Å². The fourth-order valence-electron chi connectivity index (χ4n) is 2.49. The van der Waals surface area contributed by atoms with E-state index in [1.807, 2.05) is 18.2 Å². The summed E-state index contributed by atoms with van der Waals surface area (Å²) in [4.78, 5) is 4.54. The van der Waals surface area contributed by atoms with Gasteiger partial charge in [-0.25, -0.2) is 10.1 Å². The van der Waals surface area contributed by atoms with Crippen molar-refractivity contribution in [3.05, 3.63) is 59.7 Å². The molecule has 1 N–H and O–H groups in total. The highest BCUT2D eigenvalue weighted by Crippen LogP contribution is 2.25. The minimum atomic E-state index is 0.794. The normalized spacial score (nSPS) is 11.5. The molecule has 0 aliphatic rings. The van der Waals surface area contributed by atoms with Crippen LogP contribution in [0.4, 0.5) is 0 Å². The topological polar surface area (TPSA) is 46.0 Å². The predicted molar refractivity (Wildman–Crippen MR) is 85.6 cm³/mol. The highest BCUT2D eigenvalue weighted by Gasteiger charge is 2.11. The molecular weight excluding hydrogens is 280 g/mol. The number of benzene rings is 2. The van der Waals surface area contributed by atoms with Crippen molar-refractivity contribution in [1.82, 2.24) is 19.6 Å². The van der Waals surface area contributed by atoms with Crippen LogP contribution in [0.25, 0.3) is 16.8 Å². The first-order valence-electron chi connectivity index (χ1n) is 6.81. The summed E-state index contributed by atoms with van der Waals surface area (Å²) in [7, 11) is 0. The minimum absolute atomic E-state index is 0.794. The van der Waals surface area contributed by atoms with Crippen molar-refractivity contribution in [3.63, 3.8) is 0 Å². The second-order valence-corrected chi connectivity index (χ2v) is 5.99. The third-order valence-corrected chi connectivity index (χ3v) is 4.46. The van der Waals surface area contributed by atoms with Gasteiger partial charge >= 0.3 is 0 Å². The predicted octanol–water partition coefficient (Wildman–Crippen LogP) is 3.81. The van der Waals surface area contributed by atoms with Gasteiger partial charge < -0.3 is 0 Å². The van der Waals surface area contributed by atoms with Crippen LogP contribution in [-0.4, -0.2) is 19.6 Å². The van der Waals surface area contributed by atoms with Crippen LogP contribution in [0.5, 0.6) is 0 Å². The zero-order valence-electron chi connectivity index (χ0n) is 11.6. The quantitative estimate of drug-likeness (QED) is 0.584. The summed E-state index contributed by atoms with van der Waals surface area (Å²) in [6.45, 7) is 2.12. The maximum Gasteiger partial charge on any atom is 0.231 e. The lowest BCUT2D eigenvalue weighted by Crippen LogP contribution is -1.87. The van der Waals surface area contributed by atoms with Crippen LogP contribution in [-0.2, 0) is 5.75 Å². The van der Waals surface area contributed by atoms with Crippen LogP contribution in [0, 0.1) is 6.92 Å². The maximum absolute atomic E-state index is 4.54. The van der Waals surface area contributed by atoms with Crippen molar-refractivity contribution in [2.45, 2.75) is 17.8 Å². The van der Waals surface area contributed by atoms with Crippen molar-refractivity contribution in [2.24, 2.45) is 0 Å². The third-order valence-electron chi connectivity index (χ3n) is 3.45. The zero-order valence-corrected chi connectivity index (χ0v) is 12.4. The lowest BCUT2D eigenvalue weighted by Gasteiger charge is -2.01. The van der Waals surface area contributed by atoms with E-state index in [0.717, 1.165) is 27.7 Å². The van der Waals surface area contributed by atoms with E-state index in [1.54, 1.807) is 11.8 Å². The number of para-hydroxylation sites is 2. The molecule has 2 aromatic carbocycles. The van der Waals surface area contributed by atoms with Gasteiger partial charge in [0.2, 0.25) is 5.78 Å². The van der Waals surface area contributed by atoms with Crippen LogP contribution in [0.1, 0.15) is 11.1 Å². The molecule has 0 atom stereocenters. The molecule has 5 heteroatoms. The van der Waals surface area contributed by atoms with Crippen LogP contribution in [0.3, 0.4) is 0 Å². The Morgan fingerprint density at radius 2 is 2.05 bits per heavy atom. The van der Waals surface area contributed by atoms with Gasteiger partial charge in [-0.3, -0.25) is 4.40 Å². The van der Waals surface area contributed by atoms with Gasteiger partial charge in [0.25, 0.3) is 0 Å². The van der Waals surface area contributed by atoms with Gasteiger partial charge in [0.1, 0.15) is 0 Å². The smallest absolute Gasteiger partial charge is 0.231 e. The average Bonchev–Trinajstić information content (AvgIpc) is 3.04. The molecule has 0 aliphatic carbocycles. The molecule has 0 fully saturated rings. The molecule has 0 saturated heterocycles. The largest absolute Gasteiger partial charge is 0.254 e. The van der Waals surface area contributed by atoms with Gasteiger partial charge in [0, 0.05) is 5.75 Å². The molecule has 0 radical (unpaired) electrons. The van der Waals surface area contributed by atoms with Crippen molar-refractivity contribution in [1.29, 1.82) is 0 Å². The minimum Gasteiger partial charge on any atom is -0.254 e. The summed E-state index contributed by atoms with van der Waals surface area (Å²) in [5.74, 6) is 1.69. The van der Waals surface area contributed by atoms with E-state index in [4.69, 9.17) is 0 Å². The Labute approximate surface area is 126 Å². The van der Waals surface area contributed by atoms with Gasteiger partial charge in [0.05, 0.1) is 11.0 Å². The SMILES string of the molecule is Cc1cccc(CSc2n[nH]c3nc4ccccc4n23)c1. The van der Waals surface area contributed by atoms with Crippen molar-refractivity contribution in [3.8, 4) is 0 Å². The Hall–Kier alpha value is -2.27. The van der Waals surface area contributed by atoms with E-state index < -0.39 is 0 Å². The summed E-state index contributed by atoms with van der Waals surface area (Å²) < 4.78 is 2.08. The van der Waals surface area contributed by atoms with Crippen molar-refractivity contribution < 1.29 is 0 Å². The standard InChI is InChI=1S/C16H14N4S/c1-11-5-4-6-12(9-11)10-21-16-19-18-15-17-13-7-2-3-8-14(13)20(15)16/h2-9H,10H2,1H3,(H,17,18). The molecule has 4 aromatic rings. The van der Waals surface area contributed by atoms with Crippen LogP contribution in [0.2, 0.25) is 0 Å². The Morgan fingerprint density at radius 1 is 1.14 bits per heavy atom. The molecule has 0 bridgehead atoms. The third kappa shape index (κ3) is 2.19. The highest BCUT2D eigenvalue weighted by atomic mass is 32.2. The number of imidazole rings is 1. The molecule has 104 valence electrons. The Bertz CT molecular complexity index is 922. The van der Waals surface area contributed by atoms with Crippen molar-refractivity contribution >= 4 is 28.6 Å². The molecule has 2 aromatic heterocycles. The van der Waals surface area contributed by atoms with Gasteiger partial charge in [-0.2, -0.15) is 0 Å². The molecule has 0 spiro atoms. The number of hydrogen-bond donors (Lipinski definition) is 1. The second-order valence-electron chi connectivity index (χ2n) is 5.04.